The molecule has 0 aromatic carbocycles. The van der Waals surface area contributed by atoms with Gasteiger partial charge in [0.2, 0.25) is 5.91 Å². The quantitative estimate of drug-likeness (QED) is 0.899. The lowest BCUT2D eigenvalue weighted by molar-refractivity contribution is -0.166. The molecule has 1 unspecified atom stereocenters. The van der Waals surface area contributed by atoms with Crippen molar-refractivity contribution in [3.63, 3.8) is 0 Å². The standard InChI is InChI=1S/C14H19NO4S/c1-10-8-15(9-12(19-10)14(17)18)13(16)6-2-4-11-5-3-7-20-11/h3,5,7,10,12H,2,4,6,8-9H2,1H3,(H,17,18)/t10-,12?/m1/s1. The summed E-state index contributed by atoms with van der Waals surface area (Å²) in [5.74, 6) is -0.990. The summed E-state index contributed by atoms with van der Waals surface area (Å²) in [6.07, 6.45) is 1.01. The molecule has 1 aliphatic heterocycles. The molecule has 2 rings (SSSR count). The molecular formula is C14H19NO4S. The fourth-order valence-electron chi connectivity index (χ4n) is 2.32. The summed E-state index contributed by atoms with van der Waals surface area (Å²) in [4.78, 5) is 26.0. The van der Waals surface area contributed by atoms with E-state index in [-0.39, 0.29) is 18.6 Å². The number of hydrogen-bond acceptors (Lipinski definition) is 4. The Hall–Kier alpha value is -1.40. The molecule has 1 aromatic heterocycles. The van der Waals surface area contributed by atoms with E-state index in [1.807, 2.05) is 11.4 Å². The minimum atomic E-state index is -1.01. The number of carboxylic acid groups (broad SMARTS) is 1. The number of carbonyl (C=O) groups is 2. The number of rotatable bonds is 5. The Bertz CT molecular complexity index is 460. The van der Waals surface area contributed by atoms with Gasteiger partial charge in [-0.15, -0.1) is 11.3 Å². The van der Waals surface area contributed by atoms with Gasteiger partial charge in [0.25, 0.3) is 0 Å². The summed E-state index contributed by atoms with van der Waals surface area (Å²) in [5.41, 5.74) is 0. The normalized spacial score (nSPS) is 22.8. The molecule has 0 bridgehead atoms. The number of nitrogens with zero attached hydrogens (tertiary/aromatic N) is 1. The summed E-state index contributed by atoms with van der Waals surface area (Å²) >= 11 is 1.69. The lowest BCUT2D eigenvalue weighted by atomic mass is 10.1. The molecular weight excluding hydrogens is 278 g/mol. The zero-order valence-corrected chi connectivity index (χ0v) is 12.3. The topological polar surface area (TPSA) is 66.8 Å². The summed E-state index contributed by atoms with van der Waals surface area (Å²) in [7, 11) is 0. The number of carboxylic acids is 1. The number of ether oxygens (including phenoxy) is 1. The fourth-order valence-corrected chi connectivity index (χ4v) is 3.07. The highest BCUT2D eigenvalue weighted by atomic mass is 32.1. The smallest absolute Gasteiger partial charge is 0.334 e. The van der Waals surface area contributed by atoms with Crippen LogP contribution in [0.1, 0.15) is 24.6 Å². The van der Waals surface area contributed by atoms with Crippen LogP contribution in [0, 0.1) is 0 Å². The fraction of sp³-hybridized carbons (Fsp3) is 0.571. The first-order chi connectivity index (χ1) is 9.56. The number of amides is 1. The van der Waals surface area contributed by atoms with E-state index in [2.05, 4.69) is 6.07 Å². The number of aryl methyl sites for hydroxylation is 1. The van der Waals surface area contributed by atoms with E-state index in [9.17, 15) is 9.59 Å². The highest BCUT2D eigenvalue weighted by molar-refractivity contribution is 7.09. The van der Waals surface area contributed by atoms with Gasteiger partial charge in [0.1, 0.15) is 0 Å². The van der Waals surface area contributed by atoms with Gasteiger partial charge in [-0.1, -0.05) is 6.07 Å². The molecule has 1 fully saturated rings. The van der Waals surface area contributed by atoms with Crippen molar-refractivity contribution in [1.29, 1.82) is 0 Å². The maximum atomic E-state index is 12.1. The van der Waals surface area contributed by atoms with Crippen LogP contribution in [0.2, 0.25) is 0 Å². The van der Waals surface area contributed by atoms with E-state index in [1.165, 1.54) is 4.88 Å². The van der Waals surface area contributed by atoms with Gasteiger partial charge < -0.3 is 14.7 Å². The summed E-state index contributed by atoms with van der Waals surface area (Å²) < 4.78 is 5.30. The van der Waals surface area contributed by atoms with E-state index in [4.69, 9.17) is 9.84 Å². The maximum Gasteiger partial charge on any atom is 0.334 e. The Morgan fingerprint density at radius 2 is 2.30 bits per heavy atom. The molecule has 1 amide bonds. The van der Waals surface area contributed by atoms with Crippen molar-refractivity contribution in [3.05, 3.63) is 22.4 Å². The second-order valence-corrected chi connectivity index (χ2v) is 6.04. The zero-order chi connectivity index (χ0) is 14.5. The average molecular weight is 297 g/mol. The average Bonchev–Trinajstić information content (AvgIpc) is 2.91. The van der Waals surface area contributed by atoms with Crippen LogP contribution in [0.3, 0.4) is 0 Å². The third kappa shape index (κ3) is 4.05. The molecule has 20 heavy (non-hydrogen) atoms. The molecule has 0 aliphatic carbocycles. The summed E-state index contributed by atoms with van der Waals surface area (Å²) in [6.45, 7) is 2.42. The van der Waals surface area contributed by atoms with Crippen molar-refractivity contribution in [2.24, 2.45) is 0 Å². The van der Waals surface area contributed by atoms with Crippen molar-refractivity contribution in [1.82, 2.24) is 4.90 Å². The first-order valence-corrected chi connectivity index (χ1v) is 7.62. The summed E-state index contributed by atoms with van der Waals surface area (Å²) in [6, 6.07) is 4.06. The molecule has 0 spiro atoms. The number of hydrogen-bond donors (Lipinski definition) is 1. The predicted molar refractivity (Wildman–Crippen MR) is 75.8 cm³/mol. The van der Waals surface area contributed by atoms with Gasteiger partial charge in [-0.25, -0.2) is 4.79 Å². The van der Waals surface area contributed by atoms with Crippen molar-refractivity contribution in [3.8, 4) is 0 Å². The van der Waals surface area contributed by atoms with Crippen LogP contribution in [-0.2, 0) is 20.7 Å². The van der Waals surface area contributed by atoms with E-state index < -0.39 is 12.1 Å². The second kappa shape index (κ2) is 6.85. The molecule has 5 nitrogen and oxygen atoms in total. The highest BCUT2D eigenvalue weighted by Crippen LogP contribution is 2.15. The largest absolute Gasteiger partial charge is 0.479 e. The Labute approximate surface area is 122 Å². The molecule has 0 radical (unpaired) electrons. The van der Waals surface area contributed by atoms with Crippen LogP contribution in [0.15, 0.2) is 17.5 Å². The highest BCUT2D eigenvalue weighted by Gasteiger charge is 2.32. The van der Waals surface area contributed by atoms with Gasteiger partial charge in [0.05, 0.1) is 12.6 Å². The van der Waals surface area contributed by atoms with Gasteiger partial charge in [0, 0.05) is 17.8 Å². The monoisotopic (exact) mass is 297 g/mol. The van der Waals surface area contributed by atoms with Gasteiger partial charge >= 0.3 is 5.97 Å². The Balaban J connectivity index is 1.80. The third-order valence-corrected chi connectivity index (χ3v) is 4.22. The first kappa shape index (κ1) is 15.0. The molecule has 6 heteroatoms. The number of carbonyl (C=O) groups excluding carboxylic acids is 1. The number of thiophene rings is 1. The Kier molecular flexibility index (Phi) is 5.14. The van der Waals surface area contributed by atoms with E-state index in [0.717, 1.165) is 12.8 Å². The van der Waals surface area contributed by atoms with Crippen molar-refractivity contribution >= 4 is 23.2 Å². The SMILES string of the molecule is C[C@@H]1CN(C(=O)CCCc2cccs2)CC(C(=O)O)O1. The zero-order valence-electron chi connectivity index (χ0n) is 11.4. The molecule has 2 heterocycles. The van der Waals surface area contributed by atoms with E-state index >= 15 is 0 Å². The molecule has 110 valence electrons. The molecule has 1 saturated heterocycles. The maximum absolute atomic E-state index is 12.1. The first-order valence-electron chi connectivity index (χ1n) is 6.74. The Morgan fingerprint density at radius 1 is 1.50 bits per heavy atom. The van der Waals surface area contributed by atoms with Crippen molar-refractivity contribution in [2.75, 3.05) is 13.1 Å². The number of aliphatic carboxylic acids is 1. The minimum absolute atomic E-state index is 0.0166. The van der Waals surface area contributed by atoms with Gasteiger partial charge in [-0.2, -0.15) is 0 Å². The van der Waals surface area contributed by atoms with Crippen LogP contribution in [0.25, 0.3) is 0 Å². The molecule has 1 aliphatic rings. The molecule has 0 saturated carbocycles. The van der Waals surface area contributed by atoms with Crippen LogP contribution < -0.4 is 0 Å². The molecule has 1 N–H and O–H groups in total. The van der Waals surface area contributed by atoms with Gasteiger partial charge in [-0.05, 0) is 31.2 Å². The Morgan fingerprint density at radius 3 is 2.95 bits per heavy atom. The summed E-state index contributed by atoms with van der Waals surface area (Å²) in [5, 5.41) is 11.0. The van der Waals surface area contributed by atoms with Gasteiger partial charge in [-0.3, -0.25) is 4.79 Å². The van der Waals surface area contributed by atoms with Crippen LogP contribution in [0.4, 0.5) is 0 Å². The van der Waals surface area contributed by atoms with Crippen molar-refractivity contribution in [2.45, 2.75) is 38.4 Å². The lowest BCUT2D eigenvalue weighted by Gasteiger charge is -2.35. The van der Waals surface area contributed by atoms with Crippen LogP contribution in [-0.4, -0.2) is 47.2 Å². The molecule has 1 aromatic rings. The van der Waals surface area contributed by atoms with Gasteiger partial charge in [0.15, 0.2) is 6.10 Å². The van der Waals surface area contributed by atoms with E-state index in [0.29, 0.717) is 13.0 Å². The van der Waals surface area contributed by atoms with Crippen LogP contribution in [0.5, 0.6) is 0 Å². The number of morpholine rings is 1. The predicted octanol–water partition coefficient (Wildman–Crippen LogP) is 1.77. The second-order valence-electron chi connectivity index (χ2n) is 5.01. The third-order valence-electron chi connectivity index (χ3n) is 3.28. The van der Waals surface area contributed by atoms with E-state index in [1.54, 1.807) is 23.2 Å². The van der Waals surface area contributed by atoms with Crippen LogP contribution >= 0.6 is 11.3 Å². The minimum Gasteiger partial charge on any atom is -0.479 e. The molecule has 2 atom stereocenters. The van der Waals surface area contributed by atoms with Crippen molar-refractivity contribution < 1.29 is 19.4 Å². The lowest BCUT2D eigenvalue weighted by Crippen LogP contribution is -2.51.